The van der Waals surface area contributed by atoms with Gasteiger partial charge in [-0.15, -0.1) is 0 Å². The van der Waals surface area contributed by atoms with Crippen molar-refractivity contribution in [2.24, 2.45) is 5.73 Å². The van der Waals surface area contributed by atoms with E-state index in [0.717, 1.165) is 12.0 Å². The minimum absolute atomic E-state index is 0.0822. The molecule has 2 aromatic rings. The molecule has 0 amide bonds. The van der Waals surface area contributed by atoms with Crippen molar-refractivity contribution in [3.63, 3.8) is 0 Å². The van der Waals surface area contributed by atoms with Gasteiger partial charge < -0.3 is 10.5 Å². The van der Waals surface area contributed by atoms with Crippen molar-refractivity contribution in [2.45, 2.75) is 26.0 Å². The summed E-state index contributed by atoms with van der Waals surface area (Å²) in [4.78, 5) is 0. The molecule has 0 unspecified atom stereocenters. The molecule has 0 aliphatic heterocycles. The van der Waals surface area contributed by atoms with Crippen molar-refractivity contribution in [2.75, 3.05) is 0 Å². The van der Waals surface area contributed by atoms with Crippen LogP contribution in [0.15, 0.2) is 42.5 Å². The first-order valence-corrected chi connectivity index (χ1v) is 6.91. The van der Waals surface area contributed by atoms with E-state index in [1.165, 1.54) is 6.07 Å². The van der Waals surface area contributed by atoms with E-state index in [1.54, 1.807) is 12.1 Å². The maximum Gasteiger partial charge on any atom is 0.131 e. The molecule has 2 nitrogen and oxygen atoms in total. The van der Waals surface area contributed by atoms with E-state index in [1.807, 2.05) is 31.2 Å². The second-order valence-corrected chi connectivity index (χ2v) is 5.01. The molecule has 2 rings (SSSR count). The van der Waals surface area contributed by atoms with Gasteiger partial charge in [0.1, 0.15) is 18.2 Å². The van der Waals surface area contributed by atoms with Crippen molar-refractivity contribution < 1.29 is 9.13 Å². The molecule has 0 fully saturated rings. The van der Waals surface area contributed by atoms with Crippen LogP contribution in [0.25, 0.3) is 0 Å². The quantitative estimate of drug-likeness (QED) is 0.883. The van der Waals surface area contributed by atoms with Crippen molar-refractivity contribution in [3.05, 3.63) is 64.4 Å². The van der Waals surface area contributed by atoms with Crippen LogP contribution in [0, 0.1) is 5.82 Å². The highest BCUT2D eigenvalue weighted by molar-refractivity contribution is 6.30. The molecule has 4 heteroatoms. The Morgan fingerprint density at radius 2 is 2.00 bits per heavy atom. The third-order valence-corrected chi connectivity index (χ3v) is 3.39. The van der Waals surface area contributed by atoms with Crippen molar-refractivity contribution in [1.29, 1.82) is 0 Å². The molecule has 0 aliphatic rings. The fourth-order valence-corrected chi connectivity index (χ4v) is 2.09. The van der Waals surface area contributed by atoms with Crippen LogP contribution >= 0.6 is 11.6 Å². The summed E-state index contributed by atoms with van der Waals surface area (Å²) in [6, 6.07) is 12.0. The summed E-state index contributed by atoms with van der Waals surface area (Å²) in [5.74, 6) is 0.325. The van der Waals surface area contributed by atoms with Gasteiger partial charge in [-0.25, -0.2) is 4.39 Å². The molecule has 2 N–H and O–H groups in total. The molecule has 0 bridgehead atoms. The minimum atomic E-state index is -0.366. The summed E-state index contributed by atoms with van der Waals surface area (Å²) in [5, 5.41) is 0.375. The van der Waals surface area contributed by atoms with E-state index in [9.17, 15) is 4.39 Å². The summed E-state index contributed by atoms with van der Waals surface area (Å²) < 4.78 is 19.4. The number of hydrogen-bond acceptors (Lipinski definition) is 2. The van der Waals surface area contributed by atoms with Crippen LogP contribution in [0.5, 0.6) is 5.75 Å². The number of ether oxygens (including phenoxy) is 1. The van der Waals surface area contributed by atoms with Gasteiger partial charge in [0.2, 0.25) is 0 Å². The Bertz CT molecular complexity index is 588. The monoisotopic (exact) mass is 293 g/mol. The van der Waals surface area contributed by atoms with Gasteiger partial charge in [0.05, 0.1) is 0 Å². The highest BCUT2D eigenvalue weighted by atomic mass is 35.5. The molecule has 0 aliphatic carbocycles. The van der Waals surface area contributed by atoms with Gasteiger partial charge in [0, 0.05) is 22.2 Å². The van der Waals surface area contributed by atoms with Crippen LogP contribution in [0.3, 0.4) is 0 Å². The van der Waals surface area contributed by atoms with Crippen LogP contribution < -0.4 is 10.5 Å². The Hall–Kier alpha value is -1.58. The van der Waals surface area contributed by atoms with E-state index in [4.69, 9.17) is 22.1 Å². The Morgan fingerprint density at radius 3 is 2.70 bits per heavy atom. The molecule has 0 saturated carbocycles. The van der Waals surface area contributed by atoms with E-state index >= 15 is 0 Å². The number of benzene rings is 2. The molecule has 0 saturated heterocycles. The predicted molar refractivity (Wildman–Crippen MR) is 79.4 cm³/mol. The molecule has 0 radical (unpaired) electrons. The Kier molecular flexibility index (Phi) is 4.99. The predicted octanol–water partition coefficient (Wildman–Crippen LogP) is 4.47. The van der Waals surface area contributed by atoms with Gasteiger partial charge >= 0.3 is 0 Å². The van der Waals surface area contributed by atoms with Crippen LogP contribution in [-0.2, 0) is 6.61 Å². The van der Waals surface area contributed by atoms with E-state index in [-0.39, 0.29) is 18.5 Å². The van der Waals surface area contributed by atoms with Gasteiger partial charge in [-0.05, 0) is 24.6 Å². The van der Waals surface area contributed by atoms with Crippen LogP contribution in [-0.4, -0.2) is 0 Å². The second-order valence-electron chi connectivity index (χ2n) is 4.58. The molecule has 2 aromatic carbocycles. The zero-order valence-electron chi connectivity index (χ0n) is 11.3. The first-order valence-electron chi connectivity index (χ1n) is 6.53. The Morgan fingerprint density at radius 1 is 1.25 bits per heavy atom. The standard InChI is InChI=1S/C16H17ClFNO/c1-2-15(19)13-5-3-4-6-16(13)20-10-11-7-8-12(17)9-14(11)18/h3-9,15H,2,10,19H2,1H3/t15-/m0/s1. The molecule has 20 heavy (non-hydrogen) atoms. The van der Waals surface area contributed by atoms with Crippen molar-refractivity contribution >= 4 is 11.6 Å². The van der Waals surface area contributed by atoms with Gasteiger partial charge in [-0.2, -0.15) is 0 Å². The summed E-state index contributed by atoms with van der Waals surface area (Å²) in [6.45, 7) is 2.16. The lowest BCUT2D eigenvalue weighted by Gasteiger charge is -2.15. The van der Waals surface area contributed by atoms with Crippen LogP contribution in [0.1, 0.15) is 30.5 Å². The number of nitrogens with two attached hydrogens (primary N) is 1. The Balaban J connectivity index is 2.15. The summed E-state index contributed by atoms with van der Waals surface area (Å²) in [7, 11) is 0. The minimum Gasteiger partial charge on any atom is -0.488 e. The summed E-state index contributed by atoms with van der Waals surface area (Å²) in [6.07, 6.45) is 0.815. The largest absolute Gasteiger partial charge is 0.488 e. The average molecular weight is 294 g/mol. The number of rotatable bonds is 5. The molecule has 0 heterocycles. The lowest BCUT2D eigenvalue weighted by molar-refractivity contribution is 0.294. The lowest BCUT2D eigenvalue weighted by Crippen LogP contribution is -2.11. The lowest BCUT2D eigenvalue weighted by atomic mass is 10.0. The van der Waals surface area contributed by atoms with Crippen molar-refractivity contribution in [3.8, 4) is 5.75 Å². The summed E-state index contributed by atoms with van der Waals surface area (Å²) >= 11 is 5.72. The SMILES string of the molecule is CC[C@H](N)c1ccccc1OCc1ccc(Cl)cc1F. The third-order valence-electron chi connectivity index (χ3n) is 3.16. The molecular formula is C16H17ClFNO. The number of halogens is 2. The van der Waals surface area contributed by atoms with Crippen LogP contribution in [0.2, 0.25) is 5.02 Å². The fourth-order valence-electron chi connectivity index (χ4n) is 1.93. The topological polar surface area (TPSA) is 35.2 Å². The fraction of sp³-hybridized carbons (Fsp3) is 0.250. The normalized spacial score (nSPS) is 12.2. The molecule has 0 spiro atoms. The molecular weight excluding hydrogens is 277 g/mol. The highest BCUT2D eigenvalue weighted by Crippen LogP contribution is 2.26. The number of hydrogen-bond donors (Lipinski definition) is 1. The van der Waals surface area contributed by atoms with Crippen LogP contribution in [0.4, 0.5) is 4.39 Å². The third kappa shape index (κ3) is 3.50. The van der Waals surface area contributed by atoms with Crippen molar-refractivity contribution in [1.82, 2.24) is 0 Å². The Labute approximate surface area is 123 Å². The first kappa shape index (κ1) is 14.8. The summed E-state index contributed by atoms with van der Waals surface area (Å²) in [5.41, 5.74) is 7.44. The van der Waals surface area contributed by atoms with E-state index in [0.29, 0.717) is 16.3 Å². The zero-order valence-corrected chi connectivity index (χ0v) is 12.0. The van der Waals surface area contributed by atoms with Gasteiger partial charge in [0.25, 0.3) is 0 Å². The highest BCUT2D eigenvalue weighted by Gasteiger charge is 2.11. The van der Waals surface area contributed by atoms with E-state index < -0.39 is 0 Å². The molecule has 106 valence electrons. The van der Waals surface area contributed by atoms with Gasteiger partial charge in [0.15, 0.2) is 0 Å². The number of para-hydroxylation sites is 1. The smallest absolute Gasteiger partial charge is 0.131 e. The maximum atomic E-state index is 13.7. The molecule has 0 aromatic heterocycles. The van der Waals surface area contributed by atoms with E-state index in [2.05, 4.69) is 0 Å². The first-order chi connectivity index (χ1) is 9.61. The average Bonchev–Trinajstić information content (AvgIpc) is 2.46. The van der Waals surface area contributed by atoms with Gasteiger partial charge in [-0.1, -0.05) is 42.8 Å². The zero-order chi connectivity index (χ0) is 14.5. The molecule has 1 atom stereocenters. The maximum absolute atomic E-state index is 13.7. The second kappa shape index (κ2) is 6.73. The van der Waals surface area contributed by atoms with Gasteiger partial charge in [-0.3, -0.25) is 0 Å².